The summed E-state index contributed by atoms with van der Waals surface area (Å²) in [5, 5.41) is 6.88. The standard InChI is InChI=1S/C22H19FN4O3/c1-15-3-2-4-16(11-15)12-27-14-24-22(26-27)25-21(28)20-10-9-19(30-20)13-29-18-7-5-17(23)6-8-18/h2-11,14H,12-13H2,1H3,(H,25,26,28). The van der Waals surface area contributed by atoms with Crippen LogP contribution in [0.25, 0.3) is 0 Å². The van der Waals surface area contributed by atoms with Crippen LogP contribution < -0.4 is 10.1 Å². The molecule has 8 heteroatoms. The molecular formula is C22H19FN4O3. The summed E-state index contributed by atoms with van der Waals surface area (Å²) in [6, 6.07) is 16.9. The van der Waals surface area contributed by atoms with Crippen molar-refractivity contribution in [2.24, 2.45) is 0 Å². The Labute approximate surface area is 172 Å². The van der Waals surface area contributed by atoms with Gasteiger partial charge in [0.1, 0.15) is 30.3 Å². The van der Waals surface area contributed by atoms with Crippen LogP contribution >= 0.6 is 0 Å². The first-order valence-electron chi connectivity index (χ1n) is 9.28. The lowest BCUT2D eigenvalue weighted by Gasteiger charge is -2.03. The summed E-state index contributed by atoms with van der Waals surface area (Å²) < 4.78 is 25.6. The van der Waals surface area contributed by atoms with E-state index in [1.54, 1.807) is 23.1 Å². The van der Waals surface area contributed by atoms with Crippen LogP contribution in [0.1, 0.15) is 27.4 Å². The third-order valence-corrected chi connectivity index (χ3v) is 4.27. The van der Waals surface area contributed by atoms with Gasteiger partial charge in [-0.15, -0.1) is 5.10 Å². The Morgan fingerprint density at radius 1 is 1.17 bits per heavy atom. The molecule has 7 nitrogen and oxygen atoms in total. The molecular weight excluding hydrogens is 387 g/mol. The van der Waals surface area contributed by atoms with Crippen LogP contribution in [0.2, 0.25) is 0 Å². The highest BCUT2D eigenvalue weighted by Gasteiger charge is 2.14. The number of rotatable bonds is 7. The molecule has 152 valence electrons. The van der Waals surface area contributed by atoms with Gasteiger partial charge in [-0.05, 0) is 48.9 Å². The average Bonchev–Trinajstić information content (AvgIpc) is 3.37. The lowest BCUT2D eigenvalue weighted by Crippen LogP contribution is -2.12. The Bertz CT molecular complexity index is 1150. The van der Waals surface area contributed by atoms with E-state index < -0.39 is 5.91 Å². The Kier molecular flexibility index (Phi) is 5.56. The summed E-state index contributed by atoms with van der Waals surface area (Å²) in [6.07, 6.45) is 1.56. The first kappa shape index (κ1) is 19.4. The second-order valence-corrected chi connectivity index (χ2v) is 6.72. The minimum Gasteiger partial charge on any atom is -0.486 e. The van der Waals surface area contributed by atoms with Crippen LogP contribution in [0.4, 0.5) is 10.3 Å². The molecule has 2 heterocycles. The largest absolute Gasteiger partial charge is 0.486 e. The summed E-state index contributed by atoms with van der Waals surface area (Å²) in [7, 11) is 0. The smallest absolute Gasteiger partial charge is 0.293 e. The number of aryl methyl sites for hydroxylation is 1. The number of halogens is 1. The van der Waals surface area contributed by atoms with Gasteiger partial charge < -0.3 is 9.15 Å². The van der Waals surface area contributed by atoms with E-state index in [-0.39, 0.29) is 24.1 Å². The molecule has 1 N–H and O–H groups in total. The number of nitrogens with zero attached hydrogens (tertiary/aromatic N) is 3. The molecule has 2 aromatic carbocycles. The third-order valence-electron chi connectivity index (χ3n) is 4.27. The molecule has 2 aromatic heterocycles. The molecule has 0 aliphatic rings. The zero-order chi connectivity index (χ0) is 20.9. The van der Waals surface area contributed by atoms with Crippen LogP contribution in [-0.2, 0) is 13.2 Å². The Morgan fingerprint density at radius 2 is 2.00 bits per heavy atom. The van der Waals surface area contributed by atoms with E-state index in [1.165, 1.54) is 24.3 Å². The maximum Gasteiger partial charge on any atom is 0.293 e. The number of carbonyl (C=O) groups excluding carboxylic acids is 1. The molecule has 0 saturated carbocycles. The molecule has 1 amide bonds. The molecule has 4 aromatic rings. The lowest BCUT2D eigenvalue weighted by molar-refractivity contribution is 0.0991. The van der Waals surface area contributed by atoms with Crippen molar-refractivity contribution in [2.75, 3.05) is 5.32 Å². The molecule has 0 fully saturated rings. The summed E-state index contributed by atoms with van der Waals surface area (Å²) in [6.45, 7) is 2.69. The number of furan rings is 1. The highest BCUT2D eigenvalue weighted by atomic mass is 19.1. The van der Waals surface area contributed by atoms with E-state index in [0.717, 1.165) is 11.1 Å². The Balaban J connectivity index is 1.33. The quantitative estimate of drug-likeness (QED) is 0.497. The van der Waals surface area contributed by atoms with Gasteiger partial charge in [0.2, 0.25) is 5.95 Å². The normalized spacial score (nSPS) is 10.7. The number of carbonyl (C=O) groups is 1. The van der Waals surface area contributed by atoms with Crippen molar-refractivity contribution in [3.05, 3.63) is 95.5 Å². The van der Waals surface area contributed by atoms with Gasteiger partial charge in [-0.1, -0.05) is 29.8 Å². The van der Waals surface area contributed by atoms with E-state index in [4.69, 9.17) is 9.15 Å². The van der Waals surface area contributed by atoms with E-state index in [9.17, 15) is 9.18 Å². The second kappa shape index (κ2) is 8.60. The number of amides is 1. The van der Waals surface area contributed by atoms with Crippen LogP contribution in [-0.4, -0.2) is 20.7 Å². The maximum absolute atomic E-state index is 12.9. The van der Waals surface area contributed by atoms with Crippen molar-refractivity contribution >= 4 is 11.9 Å². The van der Waals surface area contributed by atoms with Gasteiger partial charge in [-0.2, -0.15) is 0 Å². The SMILES string of the molecule is Cc1cccc(Cn2cnc(NC(=O)c3ccc(COc4ccc(F)cc4)o3)n2)c1. The van der Waals surface area contributed by atoms with Gasteiger partial charge in [0.15, 0.2) is 5.76 Å². The van der Waals surface area contributed by atoms with Crippen LogP contribution in [0.3, 0.4) is 0 Å². The fourth-order valence-electron chi connectivity index (χ4n) is 2.85. The van der Waals surface area contributed by atoms with Gasteiger partial charge >= 0.3 is 0 Å². The topological polar surface area (TPSA) is 82.2 Å². The fourth-order valence-corrected chi connectivity index (χ4v) is 2.85. The van der Waals surface area contributed by atoms with Crippen molar-refractivity contribution in [1.29, 1.82) is 0 Å². The van der Waals surface area contributed by atoms with Crippen molar-refractivity contribution in [1.82, 2.24) is 14.8 Å². The molecule has 0 radical (unpaired) electrons. The first-order chi connectivity index (χ1) is 14.5. The highest BCUT2D eigenvalue weighted by Crippen LogP contribution is 2.16. The van der Waals surface area contributed by atoms with Crippen molar-refractivity contribution in [3.8, 4) is 5.75 Å². The van der Waals surface area contributed by atoms with Crippen LogP contribution in [0, 0.1) is 12.7 Å². The number of anilines is 1. The number of hydrogen-bond acceptors (Lipinski definition) is 5. The molecule has 0 spiro atoms. The first-order valence-corrected chi connectivity index (χ1v) is 9.28. The molecule has 0 unspecified atom stereocenters. The molecule has 4 rings (SSSR count). The fraction of sp³-hybridized carbons (Fsp3) is 0.136. The van der Waals surface area contributed by atoms with Crippen molar-refractivity contribution in [3.63, 3.8) is 0 Å². The molecule has 0 aliphatic carbocycles. The highest BCUT2D eigenvalue weighted by molar-refractivity contribution is 6.01. The summed E-state index contributed by atoms with van der Waals surface area (Å²) >= 11 is 0. The third kappa shape index (κ3) is 4.91. The Morgan fingerprint density at radius 3 is 2.80 bits per heavy atom. The van der Waals surface area contributed by atoms with Crippen molar-refractivity contribution < 1.29 is 18.3 Å². The average molecular weight is 406 g/mol. The van der Waals surface area contributed by atoms with Gasteiger partial charge in [0.25, 0.3) is 5.91 Å². The van der Waals surface area contributed by atoms with E-state index in [0.29, 0.717) is 18.1 Å². The summed E-state index contributed by atoms with van der Waals surface area (Å²) in [5.41, 5.74) is 2.26. The van der Waals surface area contributed by atoms with Crippen molar-refractivity contribution in [2.45, 2.75) is 20.1 Å². The second-order valence-electron chi connectivity index (χ2n) is 6.72. The van der Waals surface area contributed by atoms with Crippen LogP contribution in [0.15, 0.2) is 71.4 Å². The molecule has 0 bridgehead atoms. The Hall–Kier alpha value is -3.94. The molecule has 0 atom stereocenters. The minimum atomic E-state index is -0.462. The van der Waals surface area contributed by atoms with E-state index in [2.05, 4.69) is 21.5 Å². The number of aromatic nitrogens is 3. The zero-order valence-corrected chi connectivity index (χ0v) is 16.2. The van der Waals surface area contributed by atoms with Gasteiger partial charge in [-0.3, -0.25) is 10.1 Å². The molecule has 0 aliphatic heterocycles. The summed E-state index contributed by atoms with van der Waals surface area (Å²) in [5.74, 6) is 0.464. The predicted molar refractivity (Wildman–Crippen MR) is 108 cm³/mol. The predicted octanol–water partition coefficient (Wildman–Crippen LogP) is 4.20. The molecule has 30 heavy (non-hydrogen) atoms. The molecule has 0 saturated heterocycles. The van der Waals surface area contributed by atoms with Gasteiger partial charge in [0.05, 0.1) is 6.54 Å². The maximum atomic E-state index is 12.9. The number of nitrogens with one attached hydrogen (secondary N) is 1. The van der Waals surface area contributed by atoms with Gasteiger partial charge in [0, 0.05) is 0 Å². The number of ether oxygens (including phenoxy) is 1. The number of benzene rings is 2. The lowest BCUT2D eigenvalue weighted by atomic mass is 10.1. The zero-order valence-electron chi connectivity index (χ0n) is 16.2. The van der Waals surface area contributed by atoms with Crippen LogP contribution in [0.5, 0.6) is 5.75 Å². The van der Waals surface area contributed by atoms with E-state index in [1.807, 2.05) is 25.1 Å². The van der Waals surface area contributed by atoms with Gasteiger partial charge in [-0.25, -0.2) is 14.1 Å². The van der Waals surface area contributed by atoms with E-state index >= 15 is 0 Å². The monoisotopic (exact) mass is 406 g/mol. The number of hydrogen-bond donors (Lipinski definition) is 1. The minimum absolute atomic E-state index is 0.113. The summed E-state index contributed by atoms with van der Waals surface area (Å²) in [4.78, 5) is 16.5.